The molecule has 1 aromatic heterocycles. The number of nitrogens with one attached hydrogen (secondary N) is 1. The van der Waals surface area contributed by atoms with Gasteiger partial charge in [0, 0.05) is 5.69 Å². The third-order valence-electron chi connectivity index (χ3n) is 4.83. The lowest BCUT2D eigenvalue weighted by Gasteiger charge is -2.17. The maximum Gasteiger partial charge on any atom is 0.234 e. The predicted molar refractivity (Wildman–Crippen MR) is 132 cm³/mol. The average Bonchev–Trinajstić information content (AvgIpc) is 3.29. The van der Waals surface area contributed by atoms with Gasteiger partial charge in [-0.1, -0.05) is 65.8 Å². The number of ether oxygens (including phenoxy) is 1. The van der Waals surface area contributed by atoms with Gasteiger partial charge in [-0.3, -0.25) is 9.36 Å². The molecule has 3 aromatic carbocycles. The van der Waals surface area contributed by atoms with Gasteiger partial charge >= 0.3 is 0 Å². The highest BCUT2D eigenvalue weighted by Crippen LogP contribution is 2.31. The smallest absolute Gasteiger partial charge is 0.234 e. The highest BCUT2D eigenvalue weighted by atomic mass is 35.5. The summed E-state index contributed by atoms with van der Waals surface area (Å²) in [7, 11) is 0. The second-order valence-corrected chi connectivity index (χ2v) is 8.55. The number of rotatable bonds is 8. The highest BCUT2D eigenvalue weighted by molar-refractivity contribution is 7.99. The lowest BCUT2D eigenvalue weighted by molar-refractivity contribution is -0.113. The molecule has 0 saturated heterocycles. The summed E-state index contributed by atoms with van der Waals surface area (Å²) < 4.78 is 7.93. The third-order valence-corrected chi connectivity index (χ3v) is 6.07. The zero-order chi connectivity index (χ0) is 23.9. The second-order valence-electron chi connectivity index (χ2n) is 7.20. The van der Waals surface area contributed by atoms with Crippen LogP contribution in [0.15, 0.2) is 84.0 Å². The Morgan fingerprint density at radius 3 is 2.56 bits per heavy atom. The van der Waals surface area contributed by atoms with E-state index in [4.69, 9.17) is 16.3 Å². The van der Waals surface area contributed by atoms with Crippen LogP contribution in [0.2, 0.25) is 5.02 Å². The van der Waals surface area contributed by atoms with E-state index in [9.17, 15) is 10.1 Å². The summed E-state index contributed by atoms with van der Waals surface area (Å²) in [4.78, 5) is 12.6. The molecule has 4 aromatic rings. The number of hydrogen-bond acceptors (Lipinski definition) is 6. The number of amides is 1. The molecule has 7 nitrogen and oxygen atoms in total. The maximum absolute atomic E-state index is 12.6. The molecule has 0 saturated carbocycles. The van der Waals surface area contributed by atoms with Crippen LogP contribution in [0.1, 0.15) is 24.4 Å². The average molecular weight is 490 g/mol. The Kier molecular flexibility index (Phi) is 7.48. The molecule has 1 heterocycles. The summed E-state index contributed by atoms with van der Waals surface area (Å²) >= 11 is 7.50. The normalized spacial score (nSPS) is 11.4. The third kappa shape index (κ3) is 5.39. The lowest BCUT2D eigenvalue weighted by atomic mass is 10.2. The van der Waals surface area contributed by atoms with E-state index in [0.717, 1.165) is 5.69 Å². The standard InChI is InChI=1S/C25H20ClN5O2S/c1-17(33-22-14-8-6-12-20(22)26)24-29-30-25(31(24)19-10-3-2-4-11-19)34-16-23(32)28-21-13-7-5-9-18(21)15-27/h2-14,17H,16H2,1H3,(H,28,32). The van der Waals surface area contributed by atoms with Crippen molar-refractivity contribution in [2.24, 2.45) is 0 Å². The molecule has 1 unspecified atom stereocenters. The number of halogens is 1. The van der Waals surface area contributed by atoms with Gasteiger partial charge in [-0.05, 0) is 43.3 Å². The van der Waals surface area contributed by atoms with Crippen LogP contribution >= 0.6 is 23.4 Å². The molecule has 0 spiro atoms. The molecule has 0 radical (unpaired) electrons. The van der Waals surface area contributed by atoms with Crippen molar-refractivity contribution in [3.05, 3.63) is 95.3 Å². The molecule has 9 heteroatoms. The molecule has 0 bridgehead atoms. The first-order chi connectivity index (χ1) is 16.6. The predicted octanol–water partition coefficient (Wildman–Crippen LogP) is 5.66. The van der Waals surface area contributed by atoms with E-state index in [-0.39, 0.29) is 11.7 Å². The number of carbonyl (C=O) groups is 1. The number of carbonyl (C=O) groups excluding carboxylic acids is 1. The minimum absolute atomic E-state index is 0.0878. The Morgan fingerprint density at radius 2 is 1.79 bits per heavy atom. The van der Waals surface area contributed by atoms with Crippen LogP contribution in [0.25, 0.3) is 5.69 Å². The van der Waals surface area contributed by atoms with Crippen molar-refractivity contribution in [3.63, 3.8) is 0 Å². The SMILES string of the molecule is CC(Oc1ccccc1Cl)c1nnc(SCC(=O)Nc2ccccc2C#N)n1-c1ccccc1. The van der Waals surface area contributed by atoms with Crippen molar-refractivity contribution in [2.45, 2.75) is 18.2 Å². The van der Waals surface area contributed by atoms with E-state index >= 15 is 0 Å². The summed E-state index contributed by atoms with van der Waals surface area (Å²) in [5.41, 5.74) is 1.72. The Hall–Kier alpha value is -3.80. The molecule has 0 aliphatic rings. The largest absolute Gasteiger partial charge is 0.481 e. The van der Waals surface area contributed by atoms with Crippen LogP contribution in [0.3, 0.4) is 0 Å². The van der Waals surface area contributed by atoms with Crippen molar-refractivity contribution in [1.82, 2.24) is 14.8 Å². The van der Waals surface area contributed by atoms with Crippen molar-refractivity contribution in [1.29, 1.82) is 5.26 Å². The summed E-state index contributed by atoms with van der Waals surface area (Å²) in [6, 6.07) is 25.8. The van der Waals surface area contributed by atoms with Crippen molar-refractivity contribution in [2.75, 3.05) is 11.1 Å². The minimum Gasteiger partial charge on any atom is -0.481 e. The molecule has 0 aliphatic carbocycles. The fraction of sp³-hybridized carbons (Fsp3) is 0.120. The molecule has 0 fully saturated rings. The van der Waals surface area contributed by atoms with Gasteiger partial charge in [0.1, 0.15) is 11.8 Å². The molecule has 4 rings (SSSR count). The molecule has 1 amide bonds. The first-order valence-corrected chi connectivity index (χ1v) is 11.8. The highest BCUT2D eigenvalue weighted by Gasteiger charge is 2.22. The molecule has 1 N–H and O–H groups in total. The van der Waals surface area contributed by atoms with Crippen molar-refractivity contribution >= 4 is 35.0 Å². The number of para-hydroxylation sites is 3. The van der Waals surface area contributed by atoms with Crippen molar-refractivity contribution < 1.29 is 9.53 Å². The Morgan fingerprint density at radius 1 is 1.09 bits per heavy atom. The van der Waals surface area contributed by atoms with Crippen LogP contribution < -0.4 is 10.1 Å². The van der Waals surface area contributed by atoms with Gasteiger partial charge in [0.2, 0.25) is 5.91 Å². The molecular weight excluding hydrogens is 470 g/mol. The van der Waals surface area contributed by atoms with Crippen LogP contribution in [-0.4, -0.2) is 26.4 Å². The summed E-state index contributed by atoms with van der Waals surface area (Å²) in [6.07, 6.45) is -0.460. The fourth-order valence-corrected chi connectivity index (χ4v) is 4.19. The molecule has 1 atom stereocenters. The van der Waals surface area contributed by atoms with Crippen LogP contribution in [0, 0.1) is 11.3 Å². The molecule has 34 heavy (non-hydrogen) atoms. The van der Waals surface area contributed by atoms with Gasteiger partial charge in [-0.15, -0.1) is 10.2 Å². The molecule has 0 aliphatic heterocycles. The van der Waals surface area contributed by atoms with E-state index in [2.05, 4.69) is 21.6 Å². The van der Waals surface area contributed by atoms with Gasteiger partial charge in [0.05, 0.1) is 22.0 Å². The number of nitrogens with zero attached hydrogens (tertiary/aromatic N) is 4. The van der Waals surface area contributed by atoms with E-state index in [1.54, 1.807) is 36.4 Å². The van der Waals surface area contributed by atoms with Crippen LogP contribution in [0.5, 0.6) is 5.75 Å². The first-order valence-electron chi connectivity index (χ1n) is 10.4. The topological polar surface area (TPSA) is 92.8 Å². The Bertz CT molecular complexity index is 1340. The van der Waals surface area contributed by atoms with Crippen molar-refractivity contribution in [3.8, 4) is 17.5 Å². The van der Waals surface area contributed by atoms with Crippen LogP contribution in [0.4, 0.5) is 5.69 Å². The number of nitriles is 1. The number of anilines is 1. The Balaban J connectivity index is 1.56. The maximum atomic E-state index is 12.6. The number of aromatic nitrogens is 3. The lowest BCUT2D eigenvalue weighted by Crippen LogP contribution is -2.16. The van der Waals surface area contributed by atoms with Gasteiger partial charge in [-0.25, -0.2) is 0 Å². The number of hydrogen-bond donors (Lipinski definition) is 1. The second kappa shape index (κ2) is 10.9. The molecular formula is C25H20ClN5O2S. The number of thioether (sulfide) groups is 1. The van der Waals surface area contributed by atoms with Gasteiger partial charge in [-0.2, -0.15) is 5.26 Å². The number of benzene rings is 3. The zero-order valence-electron chi connectivity index (χ0n) is 18.2. The van der Waals surface area contributed by atoms with E-state index in [1.807, 2.05) is 54.0 Å². The monoisotopic (exact) mass is 489 g/mol. The minimum atomic E-state index is -0.460. The van der Waals surface area contributed by atoms with Gasteiger partial charge in [0.15, 0.2) is 17.1 Å². The zero-order valence-corrected chi connectivity index (χ0v) is 19.8. The summed E-state index contributed by atoms with van der Waals surface area (Å²) in [5, 5.41) is 21.7. The van der Waals surface area contributed by atoms with Gasteiger partial charge < -0.3 is 10.1 Å². The summed E-state index contributed by atoms with van der Waals surface area (Å²) in [5.74, 6) is 0.954. The summed E-state index contributed by atoms with van der Waals surface area (Å²) in [6.45, 7) is 1.87. The van der Waals surface area contributed by atoms with E-state index < -0.39 is 6.10 Å². The first kappa shape index (κ1) is 23.4. The Labute approximate surface area is 206 Å². The fourth-order valence-electron chi connectivity index (χ4n) is 3.25. The quantitative estimate of drug-likeness (QED) is 0.321. The van der Waals surface area contributed by atoms with E-state index in [1.165, 1.54) is 11.8 Å². The van der Waals surface area contributed by atoms with Gasteiger partial charge in [0.25, 0.3) is 0 Å². The van der Waals surface area contributed by atoms with E-state index in [0.29, 0.717) is 33.0 Å². The van der Waals surface area contributed by atoms with Crippen LogP contribution in [-0.2, 0) is 4.79 Å². The molecule has 170 valence electrons.